The van der Waals surface area contributed by atoms with Crippen LogP contribution in [0.4, 0.5) is 5.69 Å². The number of hydrogen-bond acceptors (Lipinski definition) is 2. The Morgan fingerprint density at radius 3 is 2.53 bits per heavy atom. The van der Waals surface area contributed by atoms with Gasteiger partial charge in [-0.1, -0.05) is 29.8 Å². The summed E-state index contributed by atoms with van der Waals surface area (Å²) in [5, 5.41) is 10.8. The van der Waals surface area contributed by atoms with Gasteiger partial charge >= 0.3 is 0 Å². The Morgan fingerprint density at radius 1 is 1.53 bits per heavy atom. The summed E-state index contributed by atoms with van der Waals surface area (Å²) in [5.74, 6) is 0.384. The van der Waals surface area contributed by atoms with E-state index in [1.165, 1.54) is 0 Å². The number of nitro groups is 1. The van der Waals surface area contributed by atoms with Crippen molar-refractivity contribution in [1.29, 1.82) is 0 Å². The molecule has 1 aromatic carbocycles. The average molecular weight is 293 g/mol. The van der Waals surface area contributed by atoms with Gasteiger partial charge in [-0.15, -0.1) is 11.6 Å². The zero-order chi connectivity index (χ0) is 11.6. The van der Waals surface area contributed by atoms with Crippen molar-refractivity contribution in [3.8, 4) is 0 Å². The maximum Gasteiger partial charge on any atom is 0.274 e. The molecule has 0 fully saturated rings. The summed E-state index contributed by atoms with van der Waals surface area (Å²) in [5.41, 5.74) is 1.56. The van der Waals surface area contributed by atoms with Crippen LogP contribution >= 0.6 is 27.5 Å². The third kappa shape index (κ3) is 2.69. The van der Waals surface area contributed by atoms with Crippen molar-refractivity contribution < 1.29 is 4.92 Å². The Hall–Kier alpha value is -0.610. The van der Waals surface area contributed by atoms with Gasteiger partial charge < -0.3 is 0 Å². The van der Waals surface area contributed by atoms with Crippen molar-refractivity contribution in [2.75, 3.05) is 0 Å². The molecule has 0 amide bonds. The largest absolute Gasteiger partial charge is 0.274 e. The van der Waals surface area contributed by atoms with Crippen LogP contribution in [-0.4, -0.2) is 4.92 Å². The number of alkyl halides is 1. The first-order chi connectivity index (χ1) is 6.97. The van der Waals surface area contributed by atoms with E-state index in [0.717, 1.165) is 10.0 Å². The van der Waals surface area contributed by atoms with Gasteiger partial charge in [0.1, 0.15) is 0 Å². The van der Waals surface area contributed by atoms with Crippen LogP contribution in [0.5, 0.6) is 0 Å². The molecule has 0 radical (unpaired) electrons. The first-order valence-corrected chi connectivity index (χ1v) is 5.82. The minimum atomic E-state index is -0.393. The molecule has 0 saturated carbocycles. The quantitative estimate of drug-likeness (QED) is 0.475. The number of hydrogen-bond donors (Lipinski definition) is 0. The molecule has 0 bridgehead atoms. The Kier molecular flexibility index (Phi) is 4.11. The van der Waals surface area contributed by atoms with Crippen LogP contribution in [0, 0.1) is 10.1 Å². The van der Waals surface area contributed by atoms with Crippen molar-refractivity contribution in [1.82, 2.24) is 0 Å². The number of benzene rings is 1. The van der Waals surface area contributed by atoms with Crippen LogP contribution in [0.2, 0.25) is 0 Å². The molecule has 0 aliphatic carbocycles. The Bertz CT molecular complexity index is 393. The summed E-state index contributed by atoms with van der Waals surface area (Å²) >= 11 is 9.05. The van der Waals surface area contributed by atoms with Crippen LogP contribution in [0.25, 0.3) is 0 Å². The third-order valence-electron chi connectivity index (χ3n) is 2.16. The second kappa shape index (κ2) is 4.94. The van der Waals surface area contributed by atoms with Crippen LogP contribution in [0.15, 0.2) is 16.6 Å². The number of nitro benzene ring substituents is 1. The van der Waals surface area contributed by atoms with E-state index in [2.05, 4.69) is 15.9 Å². The minimum absolute atomic E-state index is 0.0944. The van der Waals surface area contributed by atoms with Crippen LogP contribution in [0.1, 0.15) is 30.9 Å². The number of rotatable bonds is 3. The van der Waals surface area contributed by atoms with E-state index in [1.54, 1.807) is 12.1 Å². The highest BCUT2D eigenvalue weighted by molar-refractivity contribution is 9.10. The molecule has 0 aromatic heterocycles. The van der Waals surface area contributed by atoms with Crippen LogP contribution < -0.4 is 0 Å². The first kappa shape index (κ1) is 12.5. The zero-order valence-electron chi connectivity index (χ0n) is 8.46. The van der Waals surface area contributed by atoms with Gasteiger partial charge in [0.25, 0.3) is 5.69 Å². The maximum atomic E-state index is 10.8. The van der Waals surface area contributed by atoms with E-state index >= 15 is 0 Å². The zero-order valence-corrected chi connectivity index (χ0v) is 10.8. The van der Waals surface area contributed by atoms with E-state index in [1.807, 2.05) is 13.8 Å². The highest BCUT2D eigenvalue weighted by atomic mass is 79.9. The highest BCUT2D eigenvalue weighted by Gasteiger charge is 2.17. The van der Waals surface area contributed by atoms with Gasteiger partial charge in [0.05, 0.1) is 10.8 Å². The fourth-order valence-electron chi connectivity index (χ4n) is 1.34. The monoisotopic (exact) mass is 291 g/mol. The lowest BCUT2D eigenvalue weighted by Gasteiger charge is -2.09. The predicted molar refractivity (Wildman–Crippen MR) is 64.4 cm³/mol. The highest BCUT2D eigenvalue weighted by Crippen LogP contribution is 2.32. The molecule has 0 heterocycles. The molecule has 1 rings (SSSR count). The summed E-state index contributed by atoms with van der Waals surface area (Å²) < 4.78 is 0.874. The van der Waals surface area contributed by atoms with E-state index in [-0.39, 0.29) is 17.5 Å². The number of nitrogens with zero attached hydrogens (tertiary/aromatic N) is 1. The van der Waals surface area contributed by atoms with Crippen molar-refractivity contribution in [2.24, 2.45) is 0 Å². The lowest BCUT2D eigenvalue weighted by molar-refractivity contribution is -0.385. The fraction of sp³-hybridized carbons (Fsp3) is 0.400. The lowest BCUT2D eigenvalue weighted by Crippen LogP contribution is -1.98. The normalized spacial score (nSPS) is 10.7. The van der Waals surface area contributed by atoms with Gasteiger partial charge in [0.2, 0.25) is 0 Å². The Balaban J connectivity index is 3.37. The van der Waals surface area contributed by atoms with E-state index in [9.17, 15) is 10.1 Å². The third-order valence-corrected chi connectivity index (χ3v) is 3.14. The molecule has 0 spiro atoms. The molecule has 0 saturated heterocycles. The van der Waals surface area contributed by atoms with Gasteiger partial charge in [-0.3, -0.25) is 10.1 Å². The molecule has 0 unspecified atom stereocenters. The summed E-state index contributed by atoms with van der Waals surface area (Å²) in [6.07, 6.45) is 0. The van der Waals surface area contributed by atoms with Gasteiger partial charge in [0.15, 0.2) is 0 Å². The van der Waals surface area contributed by atoms with Crippen LogP contribution in [0.3, 0.4) is 0 Å². The minimum Gasteiger partial charge on any atom is -0.258 e. The SMILES string of the molecule is CC(C)c1cc([N+](=O)[O-])c(CCl)cc1Br. The Morgan fingerprint density at radius 2 is 2.13 bits per heavy atom. The van der Waals surface area contributed by atoms with Gasteiger partial charge in [0, 0.05) is 16.1 Å². The molecule has 3 nitrogen and oxygen atoms in total. The maximum absolute atomic E-state index is 10.8. The second-order valence-corrected chi connectivity index (χ2v) is 4.67. The molecular weight excluding hydrogens is 281 g/mol. The molecule has 0 N–H and O–H groups in total. The molecule has 15 heavy (non-hydrogen) atoms. The van der Waals surface area contributed by atoms with Gasteiger partial charge in [-0.05, 0) is 17.5 Å². The molecule has 0 aliphatic heterocycles. The lowest BCUT2D eigenvalue weighted by atomic mass is 10.0. The molecule has 82 valence electrons. The van der Waals surface area contributed by atoms with E-state index < -0.39 is 4.92 Å². The summed E-state index contributed by atoms with van der Waals surface area (Å²) in [7, 11) is 0. The van der Waals surface area contributed by atoms with Gasteiger partial charge in [-0.25, -0.2) is 0 Å². The van der Waals surface area contributed by atoms with Crippen molar-refractivity contribution in [3.63, 3.8) is 0 Å². The number of halogens is 2. The molecule has 0 atom stereocenters. The standard InChI is InChI=1S/C10H11BrClNO2/c1-6(2)8-4-10(13(14)15)7(5-12)3-9(8)11/h3-4,6H,5H2,1-2H3. The molecule has 5 heteroatoms. The predicted octanol–water partition coefficient (Wildman–Crippen LogP) is 4.22. The topological polar surface area (TPSA) is 43.1 Å². The molecular formula is C10H11BrClNO2. The molecule has 1 aromatic rings. The second-order valence-electron chi connectivity index (χ2n) is 3.55. The summed E-state index contributed by atoms with van der Waals surface area (Å²) in [6, 6.07) is 3.31. The molecule has 0 aliphatic rings. The van der Waals surface area contributed by atoms with Crippen molar-refractivity contribution in [2.45, 2.75) is 25.6 Å². The summed E-state index contributed by atoms with van der Waals surface area (Å²) in [6.45, 7) is 3.98. The van der Waals surface area contributed by atoms with Crippen molar-refractivity contribution >= 4 is 33.2 Å². The van der Waals surface area contributed by atoms with Gasteiger partial charge in [-0.2, -0.15) is 0 Å². The average Bonchev–Trinajstić information content (AvgIpc) is 2.16. The van der Waals surface area contributed by atoms with E-state index in [4.69, 9.17) is 11.6 Å². The van der Waals surface area contributed by atoms with Crippen LogP contribution in [-0.2, 0) is 5.88 Å². The van der Waals surface area contributed by atoms with E-state index in [0.29, 0.717) is 5.56 Å². The smallest absolute Gasteiger partial charge is 0.258 e. The first-order valence-electron chi connectivity index (χ1n) is 4.50. The Labute approximate surface area is 102 Å². The van der Waals surface area contributed by atoms with Crippen molar-refractivity contribution in [3.05, 3.63) is 37.8 Å². The fourth-order valence-corrected chi connectivity index (χ4v) is 2.40. The summed E-state index contributed by atoms with van der Waals surface area (Å²) in [4.78, 5) is 10.4.